The van der Waals surface area contributed by atoms with Crippen LogP contribution in [-0.2, 0) is 4.79 Å². The number of rotatable bonds is 4. The number of fused-ring (bicyclic) bond motifs is 1. The zero-order chi connectivity index (χ0) is 14.7. The quantitative estimate of drug-likeness (QED) is 0.921. The number of ether oxygens (including phenoxy) is 2. The maximum absolute atomic E-state index is 11.9. The normalized spacial score (nSPS) is 17.0. The molecule has 0 aromatic heterocycles. The standard InChI is InChI=1S/C14H16N2O4S/c17-13(3-4-16-5-8-21-14(16)18)15-10-1-2-11-12(9-10)20-7-6-19-11/h1-2,9H,3-8H2,(H,15,17). The summed E-state index contributed by atoms with van der Waals surface area (Å²) in [5, 5.41) is 2.87. The van der Waals surface area contributed by atoms with Crippen LogP contribution >= 0.6 is 11.8 Å². The van der Waals surface area contributed by atoms with E-state index in [9.17, 15) is 9.59 Å². The molecular weight excluding hydrogens is 292 g/mol. The van der Waals surface area contributed by atoms with Crippen molar-refractivity contribution in [3.63, 3.8) is 0 Å². The van der Waals surface area contributed by atoms with Crippen molar-refractivity contribution in [2.75, 3.05) is 37.4 Å². The number of benzene rings is 1. The smallest absolute Gasteiger partial charge is 0.281 e. The molecule has 2 aliphatic heterocycles. The second kappa shape index (κ2) is 6.26. The molecule has 0 atom stereocenters. The number of hydrogen-bond acceptors (Lipinski definition) is 5. The van der Waals surface area contributed by atoms with Gasteiger partial charge in [-0.05, 0) is 12.1 Å². The van der Waals surface area contributed by atoms with Gasteiger partial charge in [-0.2, -0.15) is 0 Å². The van der Waals surface area contributed by atoms with Gasteiger partial charge in [0, 0.05) is 37.0 Å². The first-order valence-corrected chi connectivity index (χ1v) is 7.82. The number of carbonyl (C=O) groups excluding carboxylic acids is 2. The van der Waals surface area contributed by atoms with E-state index in [-0.39, 0.29) is 11.1 Å². The maximum Gasteiger partial charge on any atom is 0.281 e. The molecule has 1 aromatic rings. The van der Waals surface area contributed by atoms with Crippen LogP contribution in [0.1, 0.15) is 6.42 Å². The third kappa shape index (κ3) is 3.41. The van der Waals surface area contributed by atoms with Crippen molar-refractivity contribution in [3.05, 3.63) is 18.2 Å². The van der Waals surface area contributed by atoms with Gasteiger partial charge in [0.2, 0.25) is 5.91 Å². The van der Waals surface area contributed by atoms with Crippen LogP contribution in [0.15, 0.2) is 18.2 Å². The molecule has 6 nitrogen and oxygen atoms in total. The van der Waals surface area contributed by atoms with Crippen LogP contribution in [0, 0.1) is 0 Å². The number of amides is 2. The minimum atomic E-state index is -0.114. The Morgan fingerprint density at radius 1 is 1.29 bits per heavy atom. The van der Waals surface area contributed by atoms with E-state index < -0.39 is 0 Å². The molecule has 112 valence electrons. The molecule has 1 saturated heterocycles. The summed E-state index contributed by atoms with van der Waals surface area (Å²) in [6.45, 7) is 2.24. The first kappa shape index (κ1) is 14.1. The van der Waals surface area contributed by atoms with Gasteiger partial charge in [-0.3, -0.25) is 9.59 Å². The lowest BCUT2D eigenvalue weighted by atomic mass is 10.2. The average Bonchev–Trinajstić information content (AvgIpc) is 2.90. The van der Waals surface area contributed by atoms with Gasteiger partial charge in [-0.1, -0.05) is 11.8 Å². The highest BCUT2D eigenvalue weighted by Crippen LogP contribution is 2.32. The summed E-state index contributed by atoms with van der Waals surface area (Å²) < 4.78 is 10.9. The van der Waals surface area contributed by atoms with Crippen molar-refractivity contribution < 1.29 is 19.1 Å². The molecule has 0 saturated carbocycles. The van der Waals surface area contributed by atoms with Crippen LogP contribution in [0.25, 0.3) is 0 Å². The number of hydrogen-bond donors (Lipinski definition) is 1. The summed E-state index contributed by atoms with van der Waals surface area (Å²) in [5.41, 5.74) is 0.673. The summed E-state index contributed by atoms with van der Waals surface area (Å²) in [4.78, 5) is 25.1. The van der Waals surface area contributed by atoms with Crippen LogP contribution in [0.2, 0.25) is 0 Å². The van der Waals surface area contributed by atoms with Crippen LogP contribution in [0.4, 0.5) is 10.5 Å². The van der Waals surface area contributed by atoms with E-state index in [4.69, 9.17) is 9.47 Å². The Kier molecular flexibility index (Phi) is 4.19. The van der Waals surface area contributed by atoms with E-state index >= 15 is 0 Å². The minimum absolute atomic E-state index is 0.0575. The van der Waals surface area contributed by atoms with E-state index in [1.807, 2.05) is 0 Å². The van der Waals surface area contributed by atoms with Crippen molar-refractivity contribution in [3.8, 4) is 11.5 Å². The zero-order valence-corrected chi connectivity index (χ0v) is 12.3. The number of nitrogens with zero attached hydrogens (tertiary/aromatic N) is 1. The van der Waals surface area contributed by atoms with Gasteiger partial charge >= 0.3 is 0 Å². The maximum atomic E-state index is 11.9. The van der Waals surface area contributed by atoms with Crippen LogP contribution in [0.5, 0.6) is 11.5 Å². The van der Waals surface area contributed by atoms with Crippen LogP contribution in [0.3, 0.4) is 0 Å². The Morgan fingerprint density at radius 2 is 2.10 bits per heavy atom. The van der Waals surface area contributed by atoms with Crippen molar-refractivity contribution in [2.24, 2.45) is 0 Å². The molecule has 2 heterocycles. The van der Waals surface area contributed by atoms with E-state index in [2.05, 4.69) is 5.32 Å². The summed E-state index contributed by atoms with van der Waals surface area (Å²) >= 11 is 1.30. The third-order valence-electron chi connectivity index (χ3n) is 3.28. The molecule has 2 aliphatic rings. The predicted octanol–water partition coefficient (Wildman–Crippen LogP) is 1.96. The number of nitrogens with one attached hydrogen (secondary N) is 1. The molecule has 2 amide bonds. The molecular formula is C14H16N2O4S. The van der Waals surface area contributed by atoms with E-state index in [1.54, 1.807) is 23.1 Å². The van der Waals surface area contributed by atoms with Gasteiger partial charge in [0.25, 0.3) is 5.24 Å². The average molecular weight is 308 g/mol. The number of anilines is 1. The van der Waals surface area contributed by atoms with Crippen LogP contribution in [-0.4, -0.2) is 48.1 Å². The Hall–Kier alpha value is -1.89. The van der Waals surface area contributed by atoms with Gasteiger partial charge in [0.1, 0.15) is 13.2 Å². The summed E-state index contributed by atoms with van der Waals surface area (Å²) in [5.74, 6) is 2.03. The molecule has 1 N–H and O–H groups in total. The lowest BCUT2D eigenvalue weighted by Gasteiger charge is -2.19. The van der Waals surface area contributed by atoms with Crippen molar-refractivity contribution in [2.45, 2.75) is 6.42 Å². The molecule has 7 heteroatoms. The third-order valence-corrected chi connectivity index (χ3v) is 4.17. The molecule has 0 radical (unpaired) electrons. The minimum Gasteiger partial charge on any atom is -0.486 e. The topological polar surface area (TPSA) is 67.9 Å². The fourth-order valence-corrected chi connectivity index (χ4v) is 3.06. The first-order chi connectivity index (χ1) is 10.2. The zero-order valence-electron chi connectivity index (χ0n) is 11.5. The molecule has 3 rings (SSSR count). The highest BCUT2D eigenvalue weighted by atomic mass is 32.2. The highest BCUT2D eigenvalue weighted by molar-refractivity contribution is 8.13. The van der Waals surface area contributed by atoms with E-state index in [0.29, 0.717) is 43.4 Å². The molecule has 0 bridgehead atoms. The highest BCUT2D eigenvalue weighted by Gasteiger charge is 2.21. The lowest BCUT2D eigenvalue weighted by molar-refractivity contribution is -0.116. The molecule has 0 unspecified atom stereocenters. The van der Waals surface area contributed by atoms with Crippen LogP contribution < -0.4 is 14.8 Å². The number of thioether (sulfide) groups is 1. The fourth-order valence-electron chi connectivity index (χ4n) is 2.21. The van der Waals surface area contributed by atoms with Gasteiger partial charge in [0.15, 0.2) is 11.5 Å². The Labute approximate surface area is 126 Å². The van der Waals surface area contributed by atoms with Gasteiger partial charge in [0.05, 0.1) is 0 Å². The largest absolute Gasteiger partial charge is 0.486 e. The SMILES string of the molecule is O=C(CCN1CCSC1=O)Nc1ccc2c(c1)OCCO2. The molecule has 21 heavy (non-hydrogen) atoms. The summed E-state index contributed by atoms with van der Waals surface area (Å²) in [6, 6.07) is 5.32. The second-order valence-electron chi connectivity index (χ2n) is 4.76. The monoisotopic (exact) mass is 308 g/mol. The van der Waals surface area contributed by atoms with Gasteiger partial charge in [-0.15, -0.1) is 0 Å². The molecule has 0 spiro atoms. The van der Waals surface area contributed by atoms with E-state index in [1.165, 1.54) is 11.8 Å². The summed E-state index contributed by atoms with van der Waals surface area (Å²) in [6.07, 6.45) is 0.292. The van der Waals surface area contributed by atoms with Crippen molar-refractivity contribution in [1.82, 2.24) is 4.90 Å². The lowest BCUT2D eigenvalue weighted by Crippen LogP contribution is -2.27. The number of carbonyl (C=O) groups is 2. The molecule has 1 fully saturated rings. The predicted molar refractivity (Wildman–Crippen MR) is 80.1 cm³/mol. The van der Waals surface area contributed by atoms with Gasteiger partial charge in [-0.25, -0.2) is 0 Å². The fraction of sp³-hybridized carbons (Fsp3) is 0.429. The first-order valence-electron chi connectivity index (χ1n) is 6.83. The van der Waals surface area contributed by atoms with E-state index in [0.717, 1.165) is 12.3 Å². The van der Waals surface area contributed by atoms with Crippen molar-refractivity contribution in [1.29, 1.82) is 0 Å². The Bertz CT molecular complexity index is 564. The Balaban J connectivity index is 1.53. The van der Waals surface area contributed by atoms with Crippen molar-refractivity contribution >= 4 is 28.6 Å². The summed E-state index contributed by atoms with van der Waals surface area (Å²) in [7, 11) is 0. The van der Waals surface area contributed by atoms with Gasteiger partial charge < -0.3 is 19.7 Å². The Morgan fingerprint density at radius 3 is 2.86 bits per heavy atom. The molecule has 0 aliphatic carbocycles. The second-order valence-corrected chi connectivity index (χ2v) is 5.80. The molecule has 1 aromatic carbocycles.